The third kappa shape index (κ3) is 5.09. The Hall–Kier alpha value is -5.18. The van der Waals surface area contributed by atoms with E-state index in [-0.39, 0.29) is 5.91 Å². The Morgan fingerprint density at radius 1 is 0.950 bits per heavy atom. The van der Waals surface area contributed by atoms with Crippen molar-refractivity contribution in [2.75, 3.05) is 37.3 Å². The van der Waals surface area contributed by atoms with E-state index < -0.39 is 0 Å². The number of nitrogen functional groups attached to an aromatic ring is 1. The second-order valence-corrected chi connectivity index (χ2v) is 9.24. The van der Waals surface area contributed by atoms with Gasteiger partial charge >= 0.3 is 0 Å². The molecule has 0 atom stereocenters. The summed E-state index contributed by atoms with van der Waals surface area (Å²) < 4.78 is 17.2. The highest BCUT2D eigenvalue weighted by molar-refractivity contribution is 6.05. The number of rotatable bonds is 9. The van der Waals surface area contributed by atoms with E-state index in [1.807, 2.05) is 55.5 Å². The van der Waals surface area contributed by atoms with Crippen molar-refractivity contribution >= 4 is 39.7 Å². The molecule has 9 heteroatoms. The van der Waals surface area contributed by atoms with Crippen molar-refractivity contribution in [3.8, 4) is 17.2 Å². The molecule has 0 saturated heterocycles. The molecule has 0 fully saturated rings. The molecule has 0 aliphatic heterocycles. The van der Waals surface area contributed by atoms with Crippen molar-refractivity contribution in [3.63, 3.8) is 0 Å². The number of anilines is 4. The van der Waals surface area contributed by atoms with Gasteiger partial charge in [-0.15, -0.1) is 0 Å². The quantitative estimate of drug-likeness (QED) is 0.196. The van der Waals surface area contributed by atoms with Gasteiger partial charge in [-0.3, -0.25) is 4.79 Å². The summed E-state index contributed by atoms with van der Waals surface area (Å²) in [6, 6.07) is 22.6. The number of carbonyl (C=O) groups excluding carboxylic acids is 1. The summed E-state index contributed by atoms with van der Waals surface area (Å²) in [7, 11) is 4.81. The third-order valence-electron chi connectivity index (χ3n) is 6.75. The van der Waals surface area contributed by atoms with Crippen LogP contribution in [0.3, 0.4) is 0 Å². The number of hydrogen-bond acceptors (Lipinski definition) is 7. The monoisotopic (exact) mass is 537 g/mol. The molecule has 5 aromatic rings. The zero-order valence-corrected chi connectivity index (χ0v) is 22.8. The maximum absolute atomic E-state index is 12.9. The summed E-state index contributed by atoms with van der Waals surface area (Å²) in [5.41, 5.74) is 13.1. The number of nitrogens with zero attached hydrogens (tertiary/aromatic N) is 2. The number of aromatic nitrogens is 2. The molecule has 0 aliphatic carbocycles. The molecule has 0 unspecified atom stereocenters. The van der Waals surface area contributed by atoms with Gasteiger partial charge in [0.1, 0.15) is 0 Å². The Labute approximate surface area is 232 Å². The summed E-state index contributed by atoms with van der Waals surface area (Å²) >= 11 is 0. The molecule has 5 rings (SSSR count). The topological polar surface area (TPSA) is 115 Å². The molecule has 204 valence electrons. The Morgan fingerprint density at radius 3 is 2.40 bits per heavy atom. The number of carbonyl (C=O) groups is 1. The van der Waals surface area contributed by atoms with E-state index in [9.17, 15) is 4.79 Å². The number of H-pyrrole nitrogens is 1. The molecule has 0 radical (unpaired) electrons. The largest absolute Gasteiger partial charge is 0.493 e. The fraction of sp³-hybridized carbons (Fsp3) is 0.161. The van der Waals surface area contributed by atoms with Crippen molar-refractivity contribution in [1.82, 2.24) is 9.97 Å². The van der Waals surface area contributed by atoms with Crippen molar-refractivity contribution < 1.29 is 19.0 Å². The first-order chi connectivity index (χ1) is 19.4. The Morgan fingerprint density at radius 2 is 1.70 bits per heavy atom. The van der Waals surface area contributed by atoms with Crippen LogP contribution in [0.4, 0.5) is 22.7 Å². The minimum Gasteiger partial charge on any atom is -0.493 e. The van der Waals surface area contributed by atoms with Crippen molar-refractivity contribution in [1.29, 1.82) is 0 Å². The van der Waals surface area contributed by atoms with E-state index in [4.69, 9.17) is 19.9 Å². The number of aromatic amines is 1. The lowest BCUT2D eigenvalue weighted by atomic mass is 10.1. The number of nitrogens with two attached hydrogens (primary N) is 1. The molecular weight excluding hydrogens is 506 g/mol. The van der Waals surface area contributed by atoms with Crippen LogP contribution in [-0.4, -0.2) is 37.2 Å². The van der Waals surface area contributed by atoms with Crippen molar-refractivity contribution in [2.24, 2.45) is 0 Å². The van der Waals surface area contributed by atoms with Gasteiger partial charge in [0.2, 0.25) is 5.75 Å². The number of imidazole rings is 1. The van der Waals surface area contributed by atoms with E-state index in [0.29, 0.717) is 40.7 Å². The number of nitrogens with one attached hydrogen (secondary N) is 2. The highest BCUT2D eigenvalue weighted by Gasteiger charge is 2.25. The van der Waals surface area contributed by atoms with Crippen LogP contribution in [0.1, 0.15) is 21.5 Å². The molecule has 9 nitrogen and oxygen atoms in total. The van der Waals surface area contributed by atoms with Crippen molar-refractivity contribution in [3.05, 3.63) is 95.8 Å². The number of hydrogen-bond donors (Lipinski definition) is 3. The molecule has 1 heterocycles. The first-order valence-corrected chi connectivity index (χ1v) is 12.7. The maximum atomic E-state index is 12.9. The molecule has 40 heavy (non-hydrogen) atoms. The van der Waals surface area contributed by atoms with Gasteiger partial charge in [-0.1, -0.05) is 24.3 Å². The van der Waals surface area contributed by atoms with Crippen molar-refractivity contribution in [2.45, 2.75) is 13.5 Å². The molecule has 1 amide bonds. The number of methoxy groups -OCH3 is 3. The van der Waals surface area contributed by atoms with Crippen LogP contribution in [0.2, 0.25) is 0 Å². The Bertz CT molecular complexity index is 1660. The van der Waals surface area contributed by atoms with Gasteiger partial charge in [0.05, 0.1) is 55.8 Å². The van der Waals surface area contributed by atoms with Crippen LogP contribution in [0, 0.1) is 6.92 Å². The van der Waals surface area contributed by atoms with Gasteiger partial charge in [-0.25, -0.2) is 4.98 Å². The second-order valence-electron chi connectivity index (χ2n) is 9.24. The van der Waals surface area contributed by atoms with Crippen LogP contribution in [0.15, 0.2) is 79.1 Å². The lowest BCUT2D eigenvalue weighted by Crippen LogP contribution is -2.19. The van der Waals surface area contributed by atoms with Crippen LogP contribution in [0.25, 0.3) is 11.0 Å². The molecule has 1 aromatic heterocycles. The molecule has 4 aromatic carbocycles. The average Bonchev–Trinajstić information content (AvgIpc) is 3.45. The van der Waals surface area contributed by atoms with Gasteiger partial charge in [0.15, 0.2) is 11.5 Å². The number of fused-ring (bicyclic) bond motifs is 1. The minimum absolute atomic E-state index is 0.233. The van der Waals surface area contributed by atoms with Crippen LogP contribution < -0.4 is 30.2 Å². The van der Waals surface area contributed by atoms with Crippen LogP contribution in [-0.2, 0) is 6.54 Å². The van der Waals surface area contributed by atoms with E-state index in [2.05, 4.69) is 20.2 Å². The molecule has 0 spiro atoms. The summed E-state index contributed by atoms with van der Waals surface area (Å²) in [5, 5.41) is 2.87. The standard InChI is InChI=1S/C31H31N5O4/c1-19-15-27(38-2)29(39-3)30(40-4)28(19)36(22-13-14-25-26(16-22)34-18-33-25)17-20-9-11-21(12-10-20)31(37)35-24-8-6-5-7-23(24)32/h5-16,18H,17,32H2,1-4H3,(H,33,34)(H,35,37). The van der Waals surface area contributed by atoms with Gasteiger partial charge in [-0.05, 0) is 66.6 Å². The van der Waals surface area contributed by atoms with E-state index in [0.717, 1.165) is 33.5 Å². The highest BCUT2D eigenvalue weighted by atomic mass is 16.5. The van der Waals surface area contributed by atoms with Crippen LogP contribution >= 0.6 is 0 Å². The minimum atomic E-state index is -0.233. The Kier molecular flexibility index (Phi) is 7.46. The summed E-state index contributed by atoms with van der Waals surface area (Å²) in [5.74, 6) is 1.41. The SMILES string of the molecule is COc1cc(C)c(N(Cc2ccc(C(=O)Nc3ccccc3N)cc2)c2ccc3nc[nH]c3c2)c(OC)c1OC. The smallest absolute Gasteiger partial charge is 0.255 e. The first kappa shape index (κ1) is 26.4. The van der Waals surface area contributed by atoms with E-state index in [1.165, 1.54) is 0 Å². The summed E-state index contributed by atoms with van der Waals surface area (Å²) in [6.07, 6.45) is 1.67. The lowest BCUT2D eigenvalue weighted by molar-refractivity contribution is 0.102. The van der Waals surface area contributed by atoms with E-state index >= 15 is 0 Å². The number of para-hydroxylation sites is 2. The molecule has 0 aliphatic rings. The normalized spacial score (nSPS) is 10.8. The zero-order chi connectivity index (χ0) is 28.2. The Balaban J connectivity index is 1.53. The molecule has 4 N–H and O–H groups in total. The fourth-order valence-corrected chi connectivity index (χ4v) is 4.74. The highest BCUT2D eigenvalue weighted by Crippen LogP contribution is 2.49. The molecule has 0 saturated carbocycles. The van der Waals surface area contributed by atoms with Gasteiger partial charge in [-0.2, -0.15) is 0 Å². The lowest BCUT2D eigenvalue weighted by Gasteiger charge is -2.30. The summed E-state index contributed by atoms with van der Waals surface area (Å²) in [6.45, 7) is 2.49. The van der Waals surface area contributed by atoms with Gasteiger partial charge in [0, 0.05) is 17.8 Å². The third-order valence-corrected chi connectivity index (χ3v) is 6.75. The molecular formula is C31H31N5O4. The first-order valence-electron chi connectivity index (χ1n) is 12.7. The summed E-state index contributed by atoms with van der Waals surface area (Å²) in [4.78, 5) is 22.6. The second kappa shape index (κ2) is 11.3. The van der Waals surface area contributed by atoms with Gasteiger partial charge in [0.25, 0.3) is 5.91 Å². The van der Waals surface area contributed by atoms with E-state index in [1.54, 1.807) is 51.9 Å². The van der Waals surface area contributed by atoms with Crippen LogP contribution in [0.5, 0.6) is 17.2 Å². The van der Waals surface area contributed by atoms with Gasteiger partial charge < -0.3 is 35.1 Å². The average molecular weight is 538 g/mol. The molecule has 0 bridgehead atoms. The number of amides is 1. The number of benzene rings is 4. The zero-order valence-electron chi connectivity index (χ0n) is 22.8. The predicted octanol–water partition coefficient (Wildman–Crippen LogP) is 6.07. The number of ether oxygens (including phenoxy) is 3. The predicted molar refractivity (Wildman–Crippen MR) is 158 cm³/mol. The number of aryl methyl sites for hydroxylation is 1. The maximum Gasteiger partial charge on any atom is 0.255 e. The fourth-order valence-electron chi connectivity index (χ4n) is 4.74.